The average Bonchev–Trinajstić information content (AvgIpc) is 3.01. The van der Waals surface area contributed by atoms with Crippen molar-refractivity contribution in [1.29, 1.82) is 0 Å². The second-order valence-electron chi connectivity index (χ2n) is 10.0. The Kier molecular flexibility index (Phi) is 10.7. The lowest BCUT2D eigenvalue weighted by molar-refractivity contribution is -0.145. The molecule has 13 nitrogen and oxygen atoms in total. The first kappa shape index (κ1) is 32.9. The highest BCUT2D eigenvalue weighted by Crippen LogP contribution is 2.33. The lowest BCUT2D eigenvalue weighted by Gasteiger charge is -2.35. The van der Waals surface area contributed by atoms with Crippen molar-refractivity contribution in [3.8, 4) is 5.75 Å². The largest absolute Gasteiger partial charge is 0.481 e. The third kappa shape index (κ3) is 8.15. The fraction of sp³-hybridized carbons (Fsp3) is 0.333. The summed E-state index contributed by atoms with van der Waals surface area (Å²) in [5.41, 5.74) is -0.496. The number of hydrogen-bond donors (Lipinski definition) is 3. The molecule has 3 amide bonds. The molecule has 1 unspecified atom stereocenters. The summed E-state index contributed by atoms with van der Waals surface area (Å²) in [5.74, 6) is -5.24. The van der Waals surface area contributed by atoms with Crippen LogP contribution in [-0.2, 0) is 19.1 Å². The molecule has 3 N–H and O–H groups in total. The lowest BCUT2D eigenvalue weighted by atomic mass is 10.1. The van der Waals surface area contributed by atoms with Gasteiger partial charge in [-0.1, -0.05) is 41.9 Å². The van der Waals surface area contributed by atoms with E-state index in [9.17, 15) is 34.2 Å². The van der Waals surface area contributed by atoms with Crippen LogP contribution in [0.3, 0.4) is 0 Å². The second kappa shape index (κ2) is 14.7. The van der Waals surface area contributed by atoms with Gasteiger partial charge in [-0.05, 0) is 25.5 Å². The van der Waals surface area contributed by atoms with Gasteiger partial charge in [0.1, 0.15) is 23.0 Å². The van der Waals surface area contributed by atoms with Gasteiger partial charge in [0.15, 0.2) is 5.82 Å². The summed E-state index contributed by atoms with van der Waals surface area (Å²) in [6, 6.07) is 10.0. The molecular formula is C30H30ClFN4O9. The molecule has 1 aliphatic heterocycles. The van der Waals surface area contributed by atoms with E-state index < -0.39 is 59.9 Å². The van der Waals surface area contributed by atoms with E-state index in [1.807, 2.05) is 0 Å². The first-order valence-corrected chi connectivity index (χ1v) is 14.3. The number of pyridine rings is 1. The molecule has 4 rings (SSSR count). The molecule has 3 aromatic rings. The molecule has 1 aromatic heterocycles. The molecule has 0 saturated carbocycles. The van der Waals surface area contributed by atoms with E-state index in [4.69, 9.17) is 21.1 Å². The number of aliphatic carboxylic acids is 2. The zero-order valence-electron chi connectivity index (χ0n) is 24.1. The summed E-state index contributed by atoms with van der Waals surface area (Å²) in [7, 11) is 0. The number of nitrogens with zero attached hydrogens (tertiary/aromatic N) is 3. The number of aromatic nitrogens is 1. The number of piperazine rings is 1. The number of carbonyl (C=O) groups is 5. The van der Waals surface area contributed by atoms with Gasteiger partial charge in [-0.15, -0.1) is 0 Å². The Hall–Kier alpha value is -4.98. The van der Waals surface area contributed by atoms with E-state index >= 15 is 4.39 Å². The number of nitrogens with one attached hydrogen (secondary N) is 1. The smallest absolute Gasteiger partial charge is 0.409 e. The van der Waals surface area contributed by atoms with Crippen LogP contribution in [0.5, 0.6) is 5.75 Å². The number of rotatable bonds is 11. The van der Waals surface area contributed by atoms with Gasteiger partial charge in [0.25, 0.3) is 5.91 Å². The number of ether oxygens (including phenoxy) is 2. The third-order valence-corrected chi connectivity index (χ3v) is 7.18. The van der Waals surface area contributed by atoms with E-state index in [2.05, 4.69) is 10.3 Å². The average molecular weight is 645 g/mol. The van der Waals surface area contributed by atoms with Gasteiger partial charge in [-0.3, -0.25) is 14.4 Å². The molecule has 15 heteroatoms. The molecule has 2 heterocycles. The van der Waals surface area contributed by atoms with Crippen molar-refractivity contribution < 1.29 is 48.0 Å². The van der Waals surface area contributed by atoms with E-state index in [-0.39, 0.29) is 66.4 Å². The number of benzene rings is 2. The Morgan fingerprint density at radius 2 is 1.69 bits per heavy atom. The highest BCUT2D eigenvalue weighted by atomic mass is 35.5. The van der Waals surface area contributed by atoms with Crippen molar-refractivity contribution in [2.24, 2.45) is 0 Å². The standard InChI is InChI=1S/C30H30ClFN4O9/c1-2-44-30(43)36-12-10-35(11-13-36)28(40)21(8-9-24(37)38)34-27(39)22-16-23(19-14-18(31)15-20(32)25(19)33-22)45-26(29(41)42)17-6-4-3-5-7-17/h3-7,14-16,21,26H,2,8-13H2,1H3,(H,34,39)(H,37,38)(H,41,42)/t21-,26?/m0/s1. The van der Waals surface area contributed by atoms with Crippen molar-refractivity contribution >= 4 is 52.4 Å². The van der Waals surface area contributed by atoms with Gasteiger partial charge in [-0.25, -0.2) is 19.0 Å². The fourth-order valence-electron chi connectivity index (χ4n) is 4.75. The van der Waals surface area contributed by atoms with Crippen molar-refractivity contribution in [3.05, 3.63) is 70.6 Å². The molecule has 0 bridgehead atoms. The molecule has 2 atom stereocenters. The summed E-state index contributed by atoms with van der Waals surface area (Å²) in [5, 5.41) is 21.6. The number of carbonyl (C=O) groups excluding carboxylic acids is 3. The van der Waals surface area contributed by atoms with Gasteiger partial charge in [0.2, 0.25) is 12.0 Å². The molecule has 2 aromatic carbocycles. The maximum Gasteiger partial charge on any atom is 0.409 e. The van der Waals surface area contributed by atoms with Crippen LogP contribution in [0, 0.1) is 5.82 Å². The zero-order chi connectivity index (χ0) is 32.7. The Morgan fingerprint density at radius 1 is 1.02 bits per heavy atom. The maximum atomic E-state index is 15.1. The number of amides is 3. The topological polar surface area (TPSA) is 176 Å². The Labute approximate surface area is 261 Å². The highest BCUT2D eigenvalue weighted by Gasteiger charge is 2.32. The van der Waals surface area contributed by atoms with Crippen LogP contribution in [0.25, 0.3) is 10.9 Å². The van der Waals surface area contributed by atoms with Gasteiger partial charge in [-0.2, -0.15) is 0 Å². The fourth-order valence-corrected chi connectivity index (χ4v) is 4.96. The minimum atomic E-state index is -1.55. The van der Waals surface area contributed by atoms with E-state index in [0.717, 1.165) is 12.1 Å². The Morgan fingerprint density at radius 3 is 2.31 bits per heavy atom. The van der Waals surface area contributed by atoms with Crippen molar-refractivity contribution in [2.75, 3.05) is 32.8 Å². The van der Waals surface area contributed by atoms with Crippen molar-refractivity contribution in [2.45, 2.75) is 31.9 Å². The SMILES string of the molecule is CCOC(=O)N1CCN(C(=O)[C@H](CCC(=O)O)NC(=O)c2cc(OC(C(=O)O)c3ccccc3)c3cc(Cl)cc(F)c3n2)CC1. The molecule has 0 spiro atoms. The number of halogens is 2. The van der Waals surface area contributed by atoms with Crippen molar-refractivity contribution in [1.82, 2.24) is 20.1 Å². The van der Waals surface area contributed by atoms with Crippen LogP contribution in [0.1, 0.15) is 41.9 Å². The minimum absolute atomic E-state index is 0.00305. The highest BCUT2D eigenvalue weighted by molar-refractivity contribution is 6.31. The molecule has 1 saturated heterocycles. The van der Waals surface area contributed by atoms with Gasteiger partial charge >= 0.3 is 18.0 Å². The van der Waals surface area contributed by atoms with Crippen LogP contribution >= 0.6 is 11.6 Å². The van der Waals surface area contributed by atoms with Crippen LogP contribution in [-0.4, -0.2) is 93.7 Å². The summed E-state index contributed by atoms with van der Waals surface area (Å²) in [4.78, 5) is 69.3. The monoisotopic (exact) mass is 644 g/mol. The first-order valence-electron chi connectivity index (χ1n) is 14.0. The first-order chi connectivity index (χ1) is 21.5. The van der Waals surface area contributed by atoms with Crippen LogP contribution in [0.4, 0.5) is 9.18 Å². The summed E-state index contributed by atoms with van der Waals surface area (Å²) < 4.78 is 25.9. The lowest BCUT2D eigenvalue weighted by Crippen LogP contribution is -2.56. The molecular weight excluding hydrogens is 615 g/mol. The van der Waals surface area contributed by atoms with E-state index in [1.54, 1.807) is 25.1 Å². The number of carboxylic acids is 2. The van der Waals surface area contributed by atoms with Crippen LogP contribution < -0.4 is 10.1 Å². The Bertz CT molecular complexity index is 1600. The number of hydrogen-bond acceptors (Lipinski definition) is 8. The van der Waals surface area contributed by atoms with Gasteiger partial charge in [0, 0.05) is 54.6 Å². The molecule has 1 fully saturated rings. The third-order valence-electron chi connectivity index (χ3n) is 6.97. The molecule has 0 aliphatic carbocycles. The Balaban J connectivity index is 1.63. The quantitative estimate of drug-likeness (QED) is 0.280. The van der Waals surface area contributed by atoms with Crippen molar-refractivity contribution in [3.63, 3.8) is 0 Å². The second-order valence-corrected chi connectivity index (χ2v) is 10.4. The van der Waals surface area contributed by atoms with Gasteiger partial charge < -0.3 is 34.8 Å². The summed E-state index contributed by atoms with van der Waals surface area (Å²) in [6.07, 6.45) is -2.79. The molecule has 1 aliphatic rings. The normalized spacial score (nSPS) is 14.4. The zero-order valence-corrected chi connectivity index (χ0v) is 24.8. The molecule has 0 radical (unpaired) electrons. The number of carboxylic acid groups (broad SMARTS) is 2. The summed E-state index contributed by atoms with van der Waals surface area (Å²) in [6.45, 7) is 2.44. The maximum absolute atomic E-state index is 15.1. The van der Waals surface area contributed by atoms with E-state index in [1.165, 1.54) is 28.0 Å². The minimum Gasteiger partial charge on any atom is -0.481 e. The molecule has 45 heavy (non-hydrogen) atoms. The van der Waals surface area contributed by atoms with Crippen LogP contribution in [0.15, 0.2) is 48.5 Å². The van der Waals surface area contributed by atoms with Crippen LogP contribution in [0.2, 0.25) is 5.02 Å². The number of fused-ring (bicyclic) bond motifs is 1. The predicted octanol–water partition coefficient (Wildman–Crippen LogP) is 3.50. The van der Waals surface area contributed by atoms with E-state index in [0.29, 0.717) is 0 Å². The predicted molar refractivity (Wildman–Crippen MR) is 157 cm³/mol. The summed E-state index contributed by atoms with van der Waals surface area (Å²) >= 11 is 6.06. The molecule has 238 valence electrons. The van der Waals surface area contributed by atoms with Gasteiger partial charge in [0.05, 0.1) is 6.61 Å².